The summed E-state index contributed by atoms with van der Waals surface area (Å²) in [5.41, 5.74) is 35.6. The summed E-state index contributed by atoms with van der Waals surface area (Å²) < 4.78 is 67.8. The van der Waals surface area contributed by atoms with Crippen LogP contribution in [0.15, 0.2) is 297 Å². The maximum atomic E-state index is 12.9. The van der Waals surface area contributed by atoms with E-state index in [9.17, 15) is 21.0 Å². The molecule has 0 bridgehead atoms. The lowest BCUT2D eigenvalue weighted by Gasteiger charge is -2.11. The van der Waals surface area contributed by atoms with Crippen molar-refractivity contribution in [2.24, 2.45) is 0 Å². The van der Waals surface area contributed by atoms with Crippen LogP contribution in [0.3, 0.4) is 0 Å². The van der Waals surface area contributed by atoms with Gasteiger partial charge in [-0.3, -0.25) is 12.6 Å². The molecule has 0 spiro atoms. The van der Waals surface area contributed by atoms with Gasteiger partial charge in [-0.15, -0.1) is 114 Å². The summed E-state index contributed by atoms with van der Waals surface area (Å²) in [6, 6.07) is 83.7. The molecule has 0 aliphatic rings. The summed E-state index contributed by atoms with van der Waals surface area (Å²) >= 11 is 16.0. The maximum Gasteiger partial charge on any atom is 0.190 e. The van der Waals surface area contributed by atoms with Crippen molar-refractivity contribution >= 4 is 235 Å². The number of anilines is 3. The molecular formula is C110H113N13O5S14. The normalized spacial score (nSPS) is 12.0. The van der Waals surface area contributed by atoms with E-state index in [-0.39, 0.29) is 5.75 Å². The van der Waals surface area contributed by atoms with E-state index in [2.05, 4.69) is 189 Å². The molecule has 3 unspecified atom stereocenters. The lowest BCUT2D eigenvalue weighted by molar-refractivity contribution is 0.402. The summed E-state index contributed by atoms with van der Waals surface area (Å²) in [6.45, 7) is 13.6. The number of thiophene rings is 6. The third-order valence-corrected chi connectivity index (χ3v) is 41.1. The van der Waals surface area contributed by atoms with Crippen LogP contribution >= 0.6 is 114 Å². The molecule has 0 saturated heterocycles. The number of nitrogen functional groups attached to an aromatic ring is 3. The SMILES string of the molecule is CCCCS(=O)(=O)c1cc2ccc(-c3ccccc3)nc2s1.CCCCS(=O)c1cc2ccc(-c3ccccc3)nc2s1.CCCCS(=O)c1sc2nc(-c3nccs3)cc(-c3ccc(CN(C)C)cc3)c2c1N.CCCCS(=O)c1sc2nc(-c3nccs3)nc(-c3ccccc3)c2c1N.CCCCSc1cc2ccc(-c3ccccc3)nc2s1.CCCCSc1sc2nc(-c3ccccc3)ccc2c1N. The zero-order valence-corrected chi connectivity index (χ0v) is 91.8. The lowest BCUT2D eigenvalue weighted by atomic mass is 10.0. The highest BCUT2D eigenvalue weighted by molar-refractivity contribution is 8.01. The number of benzene rings is 6. The highest BCUT2D eigenvalue weighted by atomic mass is 32.2. The summed E-state index contributed by atoms with van der Waals surface area (Å²) in [6.07, 6.45) is 16.0. The van der Waals surface area contributed by atoms with Crippen LogP contribution in [0.2, 0.25) is 0 Å². The Bertz CT molecular complexity index is 7690. The summed E-state index contributed by atoms with van der Waals surface area (Å²) in [5, 5.41) is 11.5. The van der Waals surface area contributed by atoms with Crippen LogP contribution in [0, 0.1) is 0 Å². The number of pyridine rings is 5. The van der Waals surface area contributed by atoms with Crippen molar-refractivity contribution in [3.8, 4) is 88.9 Å². The van der Waals surface area contributed by atoms with Crippen LogP contribution in [-0.4, -0.2) is 119 Å². The molecule has 32 heteroatoms. The van der Waals surface area contributed by atoms with Crippen molar-refractivity contribution in [3.05, 3.63) is 277 Å². The van der Waals surface area contributed by atoms with Gasteiger partial charge in [0.05, 0.1) is 102 Å². The van der Waals surface area contributed by atoms with E-state index < -0.39 is 42.2 Å². The van der Waals surface area contributed by atoms with Crippen LogP contribution in [0.25, 0.3) is 150 Å². The topological polar surface area (TPSA) is 283 Å². The predicted octanol–water partition coefficient (Wildman–Crippen LogP) is 31.3. The molecule has 0 amide bonds. The summed E-state index contributed by atoms with van der Waals surface area (Å²) in [7, 11) is -2.18. The number of rotatable bonds is 34. The molecule has 142 heavy (non-hydrogen) atoms. The summed E-state index contributed by atoms with van der Waals surface area (Å²) in [5.74, 6) is 5.09. The first kappa shape index (κ1) is 106. The number of sulfone groups is 1. The highest BCUT2D eigenvalue weighted by Crippen LogP contribution is 2.47. The second kappa shape index (κ2) is 52.4. The number of thiazole rings is 2. The molecule has 0 saturated carbocycles. The zero-order chi connectivity index (χ0) is 99.4. The van der Waals surface area contributed by atoms with Crippen molar-refractivity contribution in [1.29, 1.82) is 0 Å². The van der Waals surface area contributed by atoms with Gasteiger partial charge in [-0.05, 0) is 154 Å². The van der Waals surface area contributed by atoms with Crippen LogP contribution in [0.1, 0.15) is 124 Å². The van der Waals surface area contributed by atoms with Crippen molar-refractivity contribution in [2.75, 3.05) is 65.8 Å². The maximum absolute atomic E-state index is 12.9. The highest BCUT2D eigenvalue weighted by Gasteiger charge is 2.26. The van der Waals surface area contributed by atoms with Gasteiger partial charge in [-0.1, -0.05) is 256 Å². The van der Waals surface area contributed by atoms with E-state index in [4.69, 9.17) is 42.1 Å². The number of aromatic nitrogens is 9. The Morgan fingerprint density at radius 1 is 0.373 bits per heavy atom. The molecular weight excluding hydrogens is 2030 g/mol. The van der Waals surface area contributed by atoms with Gasteiger partial charge in [0.1, 0.15) is 52.3 Å². The van der Waals surface area contributed by atoms with Gasteiger partial charge in [0.25, 0.3) is 0 Å². The molecule has 20 aromatic rings. The fourth-order valence-electron chi connectivity index (χ4n) is 14.9. The predicted molar refractivity (Wildman–Crippen MR) is 618 cm³/mol. The minimum absolute atomic E-state index is 0.210. The number of fused-ring (bicyclic) bond motifs is 6. The molecule has 0 radical (unpaired) electrons. The molecule has 14 heterocycles. The number of thioether (sulfide) groups is 2. The van der Waals surface area contributed by atoms with Gasteiger partial charge in [-0.2, -0.15) is 0 Å². The average molecular weight is 2150 g/mol. The smallest absolute Gasteiger partial charge is 0.190 e. The van der Waals surface area contributed by atoms with Gasteiger partial charge in [0.2, 0.25) is 0 Å². The van der Waals surface area contributed by atoms with E-state index in [0.29, 0.717) is 43.5 Å². The van der Waals surface area contributed by atoms with Crippen LogP contribution in [-0.2, 0) is 48.8 Å². The van der Waals surface area contributed by atoms with Gasteiger partial charge >= 0.3 is 0 Å². The monoisotopic (exact) mass is 2140 g/mol. The van der Waals surface area contributed by atoms with Crippen molar-refractivity contribution < 1.29 is 21.0 Å². The molecule has 6 N–H and O–H groups in total. The number of hydrogen-bond acceptors (Lipinski definition) is 28. The lowest BCUT2D eigenvalue weighted by Crippen LogP contribution is -2.10. The molecule has 18 nitrogen and oxygen atoms in total. The first-order valence-electron chi connectivity index (χ1n) is 47.4. The van der Waals surface area contributed by atoms with Crippen LogP contribution < -0.4 is 17.2 Å². The van der Waals surface area contributed by atoms with Crippen molar-refractivity contribution in [2.45, 2.75) is 150 Å². The first-order valence-corrected chi connectivity index (χ1v) is 61.6. The van der Waals surface area contributed by atoms with E-state index in [1.807, 2.05) is 180 Å². The van der Waals surface area contributed by atoms with E-state index in [1.54, 1.807) is 52.5 Å². The molecule has 732 valence electrons. The Labute approximate surface area is 879 Å². The third kappa shape index (κ3) is 27.6. The molecule has 3 atom stereocenters. The average Bonchev–Trinajstić information content (AvgIpc) is 1.60. The van der Waals surface area contributed by atoms with E-state index in [0.717, 1.165) is 211 Å². The van der Waals surface area contributed by atoms with E-state index in [1.165, 1.54) is 102 Å². The molecule has 20 rings (SSSR count). The Morgan fingerprint density at radius 2 is 0.817 bits per heavy atom. The Kier molecular flexibility index (Phi) is 39.1. The molecule has 0 fully saturated rings. The van der Waals surface area contributed by atoms with Crippen LogP contribution in [0.5, 0.6) is 0 Å². The van der Waals surface area contributed by atoms with Crippen molar-refractivity contribution in [3.63, 3.8) is 0 Å². The number of nitrogens with zero attached hydrogens (tertiary/aromatic N) is 10. The Balaban J connectivity index is 0.000000129. The number of hydrogen-bond donors (Lipinski definition) is 3. The van der Waals surface area contributed by atoms with E-state index >= 15 is 0 Å². The van der Waals surface area contributed by atoms with Gasteiger partial charge in [-0.25, -0.2) is 53.3 Å². The van der Waals surface area contributed by atoms with Gasteiger partial charge < -0.3 is 22.1 Å². The molecule has 0 aliphatic heterocycles. The number of unbranched alkanes of at least 4 members (excludes halogenated alkanes) is 6. The quantitative estimate of drug-likeness (QED) is 0.0249. The van der Waals surface area contributed by atoms with Crippen molar-refractivity contribution in [1.82, 2.24) is 49.8 Å². The standard InChI is InChI=1S/C23H26N4OS3.C19H18N4OS3.C17H18N2S2.C17H17NO2S2.C17H17NOS2.C17H17NS2/c1-4-5-12-31(28)23-20(24)19-17(16-8-6-15(7-9-16)14-27(2)3)13-18(26-22(19)30-23)21-25-10-11-29-21;1-2-3-11-27(24)19-14(20)13-15(12-7-5-4-6-8-12)22-16(23-17(13)26-19)18-21-9-10-25-18;1-2-3-11-20-17-15(18)13-9-10-14(19-16(13)21-17)12-7-5-4-6-8-12;1-2-3-11-22(19,20)16-12-14-9-10-15(18-17(14)21-16)13-7-5-4-6-8-13;1-2-3-11-21(19)16-12-14-9-10-15(18-17(14)20-16)13-7-5-4-6-8-13;1-2-3-11-19-16-12-14-9-10-15(18-17(14)20-16)13-7-5-4-6-8-13/h6-11,13H,4-5,12,14,24H2,1-3H3;4-10H,2-3,11,20H2,1H3;4-10H,2-3,11,18H2,1H3;4-10,12H,2-3,11H2,1H3;4-10,12H,2-3,11H2,1H3;4-10,12H,2-3,11H2,1H3. The number of nitrogens with two attached hydrogens (primary N) is 3. The Hall–Kier alpha value is -10.4. The molecule has 14 aromatic heterocycles. The fraction of sp³-hybridized carbons (Fsp3) is 0.245. The summed E-state index contributed by atoms with van der Waals surface area (Å²) in [4.78, 5) is 49.6. The molecule has 6 aromatic carbocycles. The second-order valence-corrected chi connectivity index (χ2v) is 51.8. The zero-order valence-electron chi connectivity index (χ0n) is 80.4. The fourth-order valence-corrected chi connectivity index (χ4v) is 31.9. The minimum atomic E-state index is -3.18. The Morgan fingerprint density at radius 3 is 1.32 bits per heavy atom. The minimum Gasteiger partial charge on any atom is -0.397 e. The largest absolute Gasteiger partial charge is 0.397 e. The van der Waals surface area contributed by atoms with Gasteiger partial charge in [0, 0.05) is 102 Å². The molecule has 0 aliphatic carbocycles. The third-order valence-electron chi connectivity index (χ3n) is 22.5. The van der Waals surface area contributed by atoms with Gasteiger partial charge in [0.15, 0.2) is 20.7 Å². The first-order chi connectivity index (χ1) is 69.2. The second-order valence-electron chi connectivity index (χ2n) is 33.5. The van der Waals surface area contributed by atoms with Crippen LogP contribution in [0.4, 0.5) is 17.1 Å².